The Labute approximate surface area is 120 Å². The second kappa shape index (κ2) is 8.60. The smallest absolute Gasteiger partial charge is 0.0178 e. The fraction of sp³-hybridized carbons (Fsp3) is 0.538. The lowest BCUT2D eigenvalue weighted by molar-refractivity contribution is 0.680. The summed E-state index contributed by atoms with van der Waals surface area (Å²) in [4.78, 5) is 0. The van der Waals surface area contributed by atoms with Gasteiger partial charge < -0.3 is 0 Å². The van der Waals surface area contributed by atoms with Gasteiger partial charge in [-0.2, -0.15) is 11.8 Å². The van der Waals surface area contributed by atoms with E-state index in [1.807, 2.05) is 11.8 Å². The Kier molecular flexibility index (Phi) is 7.84. The van der Waals surface area contributed by atoms with Crippen LogP contribution in [-0.4, -0.2) is 16.8 Å². The normalized spacial score (nSPS) is 12.7. The number of benzene rings is 1. The Morgan fingerprint density at radius 2 is 2.19 bits per heavy atom. The maximum Gasteiger partial charge on any atom is 0.0178 e. The first kappa shape index (κ1) is 14.6. The first-order valence-electron chi connectivity index (χ1n) is 5.67. The molecular formula is C13H18Br2S. The molecule has 1 rings (SSSR count). The van der Waals surface area contributed by atoms with Crippen molar-refractivity contribution in [2.75, 3.05) is 16.8 Å². The molecule has 0 nitrogen and oxygen atoms in total. The molecule has 0 aliphatic rings. The summed E-state index contributed by atoms with van der Waals surface area (Å²) >= 11 is 9.19. The number of hydrogen-bond acceptors (Lipinski definition) is 1. The van der Waals surface area contributed by atoms with Gasteiger partial charge in [-0.25, -0.2) is 0 Å². The molecule has 16 heavy (non-hydrogen) atoms. The Morgan fingerprint density at radius 3 is 2.81 bits per heavy atom. The predicted octanol–water partition coefficient (Wildman–Crippen LogP) is 5.46. The molecule has 0 bridgehead atoms. The summed E-state index contributed by atoms with van der Waals surface area (Å²) in [6, 6.07) is 8.67. The monoisotopic (exact) mass is 364 g/mol. The van der Waals surface area contributed by atoms with Gasteiger partial charge in [0.05, 0.1) is 0 Å². The molecule has 1 atom stereocenters. The number of alkyl halides is 1. The Bertz CT molecular complexity index is 302. The highest BCUT2D eigenvalue weighted by atomic mass is 79.9. The van der Waals surface area contributed by atoms with Gasteiger partial charge in [0.1, 0.15) is 0 Å². The minimum atomic E-state index is 0.648. The molecule has 1 aromatic rings. The molecule has 0 saturated carbocycles. The van der Waals surface area contributed by atoms with Gasteiger partial charge in [-0.1, -0.05) is 50.9 Å². The first-order valence-corrected chi connectivity index (χ1v) is 8.74. The average molecular weight is 366 g/mol. The van der Waals surface area contributed by atoms with Gasteiger partial charge in [-0.05, 0) is 48.0 Å². The van der Waals surface area contributed by atoms with Crippen molar-refractivity contribution >= 4 is 43.6 Å². The fourth-order valence-electron chi connectivity index (χ4n) is 1.67. The van der Waals surface area contributed by atoms with Crippen molar-refractivity contribution in [2.24, 2.45) is 0 Å². The van der Waals surface area contributed by atoms with Gasteiger partial charge in [-0.3, -0.25) is 0 Å². The summed E-state index contributed by atoms with van der Waals surface area (Å²) in [5.74, 6) is 3.17. The molecule has 1 aromatic carbocycles. The zero-order chi connectivity index (χ0) is 11.8. The largest absolute Gasteiger partial charge is 0.162 e. The molecule has 0 aromatic heterocycles. The van der Waals surface area contributed by atoms with E-state index in [0.717, 1.165) is 5.33 Å². The topological polar surface area (TPSA) is 0 Å². The molecule has 90 valence electrons. The maximum atomic E-state index is 3.62. The van der Waals surface area contributed by atoms with Crippen LogP contribution in [0.2, 0.25) is 0 Å². The van der Waals surface area contributed by atoms with Crippen LogP contribution in [0.25, 0.3) is 0 Å². The Balaban J connectivity index is 2.47. The number of halogens is 2. The number of thioether (sulfide) groups is 1. The van der Waals surface area contributed by atoms with Crippen molar-refractivity contribution < 1.29 is 0 Å². The van der Waals surface area contributed by atoms with Crippen molar-refractivity contribution in [3.63, 3.8) is 0 Å². The average Bonchev–Trinajstić information content (AvgIpc) is 2.29. The third-order valence-corrected chi connectivity index (χ3v) is 4.81. The van der Waals surface area contributed by atoms with Crippen molar-refractivity contribution in [3.05, 3.63) is 34.3 Å². The van der Waals surface area contributed by atoms with E-state index >= 15 is 0 Å². The lowest BCUT2D eigenvalue weighted by Gasteiger charge is -2.14. The van der Waals surface area contributed by atoms with E-state index in [4.69, 9.17) is 0 Å². The van der Waals surface area contributed by atoms with E-state index in [9.17, 15) is 0 Å². The van der Waals surface area contributed by atoms with Crippen LogP contribution < -0.4 is 0 Å². The van der Waals surface area contributed by atoms with Crippen LogP contribution in [0.1, 0.15) is 31.2 Å². The standard InChI is InChI=1S/C13H18Br2S/c1-2-16-8-4-6-12(10-14)11-5-3-7-13(15)9-11/h3,5,7,9,12H,2,4,6,8,10H2,1H3. The molecule has 0 N–H and O–H groups in total. The maximum absolute atomic E-state index is 3.62. The highest BCUT2D eigenvalue weighted by molar-refractivity contribution is 9.10. The molecule has 0 spiro atoms. The van der Waals surface area contributed by atoms with E-state index in [1.54, 1.807) is 0 Å². The molecule has 3 heteroatoms. The molecule has 0 radical (unpaired) electrons. The summed E-state index contributed by atoms with van der Waals surface area (Å²) in [7, 11) is 0. The van der Waals surface area contributed by atoms with E-state index in [1.165, 1.54) is 34.4 Å². The molecular weight excluding hydrogens is 348 g/mol. The van der Waals surface area contributed by atoms with Crippen LogP contribution in [0.15, 0.2) is 28.7 Å². The third kappa shape index (κ3) is 5.24. The quantitative estimate of drug-likeness (QED) is 0.456. The molecule has 0 aliphatic carbocycles. The predicted molar refractivity (Wildman–Crippen MR) is 82.9 cm³/mol. The lowest BCUT2D eigenvalue weighted by atomic mass is 9.97. The molecule has 0 aliphatic heterocycles. The summed E-state index contributed by atoms with van der Waals surface area (Å²) in [6.45, 7) is 2.22. The van der Waals surface area contributed by atoms with E-state index in [-0.39, 0.29) is 0 Å². The molecule has 1 unspecified atom stereocenters. The third-order valence-electron chi connectivity index (χ3n) is 2.55. The number of hydrogen-bond donors (Lipinski definition) is 0. The summed E-state index contributed by atoms with van der Waals surface area (Å²) < 4.78 is 1.18. The zero-order valence-electron chi connectivity index (χ0n) is 9.59. The first-order chi connectivity index (χ1) is 7.77. The zero-order valence-corrected chi connectivity index (χ0v) is 13.6. The van der Waals surface area contributed by atoms with Gasteiger partial charge in [0.25, 0.3) is 0 Å². The van der Waals surface area contributed by atoms with Gasteiger partial charge in [0.2, 0.25) is 0 Å². The molecule has 0 saturated heterocycles. The molecule has 0 fully saturated rings. The second-order valence-corrected chi connectivity index (χ2v) is 6.70. The fourth-order valence-corrected chi connectivity index (χ4v) is 3.44. The van der Waals surface area contributed by atoms with Crippen LogP contribution in [0, 0.1) is 0 Å². The van der Waals surface area contributed by atoms with Crippen LogP contribution >= 0.6 is 43.6 Å². The summed E-state index contributed by atoms with van der Waals surface area (Å²) in [5, 5.41) is 1.06. The second-order valence-electron chi connectivity index (χ2n) is 3.75. The molecule has 0 heterocycles. The van der Waals surface area contributed by atoms with Gasteiger partial charge in [0, 0.05) is 9.80 Å². The summed E-state index contributed by atoms with van der Waals surface area (Å²) in [5.41, 5.74) is 1.44. The van der Waals surface area contributed by atoms with Crippen molar-refractivity contribution in [2.45, 2.75) is 25.7 Å². The van der Waals surface area contributed by atoms with Crippen molar-refractivity contribution in [3.8, 4) is 0 Å². The molecule has 0 amide bonds. The van der Waals surface area contributed by atoms with Crippen molar-refractivity contribution in [1.82, 2.24) is 0 Å². The number of rotatable bonds is 7. The van der Waals surface area contributed by atoms with Crippen LogP contribution in [0.3, 0.4) is 0 Å². The van der Waals surface area contributed by atoms with E-state index in [2.05, 4.69) is 63.0 Å². The minimum Gasteiger partial charge on any atom is -0.162 e. The van der Waals surface area contributed by atoms with Crippen LogP contribution in [0.5, 0.6) is 0 Å². The van der Waals surface area contributed by atoms with Crippen molar-refractivity contribution in [1.29, 1.82) is 0 Å². The van der Waals surface area contributed by atoms with E-state index < -0.39 is 0 Å². The highest BCUT2D eigenvalue weighted by Crippen LogP contribution is 2.26. The SMILES string of the molecule is CCSCCCC(CBr)c1cccc(Br)c1. The Hall–Kier alpha value is 0.530. The van der Waals surface area contributed by atoms with E-state index in [0.29, 0.717) is 5.92 Å². The van der Waals surface area contributed by atoms with Gasteiger partial charge in [-0.15, -0.1) is 0 Å². The Morgan fingerprint density at radius 1 is 1.38 bits per heavy atom. The minimum absolute atomic E-state index is 0.648. The van der Waals surface area contributed by atoms with Gasteiger partial charge >= 0.3 is 0 Å². The van der Waals surface area contributed by atoms with Crippen LogP contribution in [0.4, 0.5) is 0 Å². The van der Waals surface area contributed by atoms with Gasteiger partial charge in [0.15, 0.2) is 0 Å². The summed E-state index contributed by atoms with van der Waals surface area (Å²) in [6.07, 6.45) is 2.58. The lowest BCUT2D eigenvalue weighted by Crippen LogP contribution is -2.01. The highest BCUT2D eigenvalue weighted by Gasteiger charge is 2.09. The van der Waals surface area contributed by atoms with Crippen LogP contribution in [-0.2, 0) is 0 Å².